The quantitative estimate of drug-likeness (QED) is 0.450. The monoisotopic (exact) mass is 428 g/mol. The number of nitrogens with zero attached hydrogens (tertiary/aromatic N) is 4. The van der Waals surface area contributed by atoms with E-state index in [9.17, 15) is 16.8 Å². The lowest BCUT2D eigenvalue weighted by Gasteiger charge is -2.05. The van der Waals surface area contributed by atoms with Gasteiger partial charge in [-0.15, -0.1) is 0 Å². The molecule has 27 heavy (non-hydrogen) atoms. The second-order valence-corrected chi connectivity index (χ2v) is 9.38. The van der Waals surface area contributed by atoms with Gasteiger partial charge in [-0.05, 0) is 44.9 Å². The molecule has 0 aliphatic heterocycles. The SMILES string of the molecule is NS(=O)(=O)c1ccc(Sc2ccc(S(N)(=O)=O)c3nonc23)c2nonc12. The number of sulfonamides is 2. The van der Waals surface area contributed by atoms with Crippen LogP contribution in [0.1, 0.15) is 0 Å². The van der Waals surface area contributed by atoms with Gasteiger partial charge in [-0.25, -0.2) is 36.4 Å². The van der Waals surface area contributed by atoms with Crippen LogP contribution >= 0.6 is 11.8 Å². The fraction of sp³-hybridized carbons (Fsp3) is 0. The van der Waals surface area contributed by atoms with E-state index in [0.29, 0.717) is 9.79 Å². The molecule has 4 rings (SSSR count). The number of rotatable bonds is 4. The molecule has 2 heterocycles. The third-order valence-corrected chi connectivity index (χ3v) is 6.50. The molecule has 0 spiro atoms. The van der Waals surface area contributed by atoms with Gasteiger partial charge in [0, 0.05) is 9.79 Å². The molecule has 0 atom stereocenters. The summed E-state index contributed by atoms with van der Waals surface area (Å²) in [6.45, 7) is 0. The van der Waals surface area contributed by atoms with Crippen LogP contribution in [-0.2, 0) is 20.0 Å². The van der Waals surface area contributed by atoms with Crippen LogP contribution in [-0.4, -0.2) is 37.5 Å². The van der Waals surface area contributed by atoms with Crippen molar-refractivity contribution in [3.05, 3.63) is 24.3 Å². The van der Waals surface area contributed by atoms with Gasteiger partial charge < -0.3 is 0 Å². The molecule has 0 unspecified atom stereocenters. The highest BCUT2D eigenvalue weighted by atomic mass is 32.2. The summed E-state index contributed by atoms with van der Waals surface area (Å²) in [6.07, 6.45) is 0. The first-order valence-electron chi connectivity index (χ1n) is 6.90. The lowest BCUT2D eigenvalue weighted by molar-refractivity contribution is 0.314. The standard InChI is InChI=1S/C12H8N6O6S3/c13-26(19,20)7-3-1-5(9-11(7)17-23-15-9)25-6-2-4-8(27(14,21)22)12-10(6)16-24-18-12/h1-4H,(H2,13,19,20)(H2,14,21,22). The van der Waals surface area contributed by atoms with Gasteiger partial charge in [0.15, 0.2) is 22.1 Å². The molecular formula is C12H8N6O6S3. The summed E-state index contributed by atoms with van der Waals surface area (Å²) in [5.74, 6) is 0. The Morgan fingerprint density at radius 2 is 1.04 bits per heavy atom. The highest BCUT2D eigenvalue weighted by Crippen LogP contribution is 2.38. The van der Waals surface area contributed by atoms with Gasteiger partial charge in [0.05, 0.1) is 0 Å². The zero-order valence-corrected chi connectivity index (χ0v) is 15.4. The minimum Gasteiger partial charge on any atom is -0.243 e. The van der Waals surface area contributed by atoms with Gasteiger partial charge in [-0.1, -0.05) is 11.8 Å². The van der Waals surface area contributed by atoms with Gasteiger partial charge in [0.1, 0.15) is 9.79 Å². The molecular weight excluding hydrogens is 420 g/mol. The molecule has 15 heteroatoms. The summed E-state index contributed by atoms with van der Waals surface area (Å²) < 4.78 is 55.9. The smallest absolute Gasteiger partial charge is 0.240 e. The maximum atomic E-state index is 11.6. The Morgan fingerprint density at radius 3 is 1.41 bits per heavy atom. The van der Waals surface area contributed by atoms with Crippen molar-refractivity contribution in [3.8, 4) is 0 Å². The average molecular weight is 428 g/mol. The van der Waals surface area contributed by atoms with E-state index in [2.05, 4.69) is 29.9 Å². The van der Waals surface area contributed by atoms with E-state index in [0.717, 1.165) is 11.8 Å². The normalized spacial score (nSPS) is 12.8. The van der Waals surface area contributed by atoms with E-state index in [1.807, 2.05) is 0 Å². The van der Waals surface area contributed by atoms with E-state index in [-0.39, 0.29) is 31.9 Å². The highest BCUT2D eigenvalue weighted by molar-refractivity contribution is 7.99. The third kappa shape index (κ3) is 3.04. The first-order valence-corrected chi connectivity index (χ1v) is 10.8. The van der Waals surface area contributed by atoms with Crippen LogP contribution in [0.25, 0.3) is 22.1 Å². The van der Waals surface area contributed by atoms with Crippen LogP contribution in [0.15, 0.2) is 53.1 Å². The lowest BCUT2D eigenvalue weighted by Crippen LogP contribution is -2.12. The Bertz CT molecular complexity index is 1300. The lowest BCUT2D eigenvalue weighted by atomic mass is 10.3. The second-order valence-electron chi connectivity index (χ2n) is 5.24. The van der Waals surface area contributed by atoms with E-state index < -0.39 is 20.0 Å². The first kappa shape index (κ1) is 17.8. The number of fused-ring (bicyclic) bond motifs is 2. The van der Waals surface area contributed by atoms with Crippen LogP contribution in [0.2, 0.25) is 0 Å². The number of primary sulfonamides is 2. The summed E-state index contributed by atoms with van der Waals surface area (Å²) in [5.41, 5.74) is 0.259. The maximum absolute atomic E-state index is 11.6. The predicted molar refractivity (Wildman–Crippen MR) is 90.5 cm³/mol. The van der Waals surface area contributed by atoms with Crippen molar-refractivity contribution in [2.45, 2.75) is 19.6 Å². The van der Waals surface area contributed by atoms with E-state index >= 15 is 0 Å². The van der Waals surface area contributed by atoms with E-state index in [4.69, 9.17) is 10.3 Å². The number of benzene rings is 2. The molecule has 0 radical (unpaired) electrons. The average Bonchev–Trinajstić information content (AvgIpc) is 3.22. The minimum atomic E-state index is -4.03. The number of hydrogen-bond donors (Lipinski definition) is 2. The Morgan fingerprint density at radius 1 is 0.667 bits per heavy atom. The Hall–Kier alpha value is -2.59. The molecule has 2 aromatic carbocycles. The molecule has 140 valence electrons. The van der Waals surface area contributed by atoms with Crippen molar-refractivity contribution >= 4 is 53.9 Å². The van der Waals surface area contributed by atoms with Crippen LogP contribution < -0.4 is 10.3 Å². The summed E-state index contributed by atoms with van der Waals surface area (Å²) in [7, 11) is -8.05. The third-order valence-electron chi connectivity index (χ3n) is 3.52. The molecule has 0 bridgehead atoms. The molecule has 0 aliphatic carbocycles. The molecule has 4 aromatic rings. The highest BCUT2D eigenvalue weighted by Gasteiger charge is 2.23. The Kier molecular flexibility index (Phi) is 3.93. The maximum Gasteiger partial charge on any atom is 0.240 e. The topological polar surface area (TPSA) is 198 Å². The van der Waals surface area contributed by atoms with Gasteiger partial charge >= 0.3 is 0 Å². The van der Waals surface area contributed by atoms with Gasteiger partial charge in [-0.2, -0.15) is 0 Å². The second kappa shape index (κ2) is 5.96. The number of aromatic nitrogens is 4. The predicted octanol–water partition coefficient (Wildman–Crippen LogP) is 0.205. The summed E-state index contributed by atoms with van der Waals surface area (Å²) in [6, 6.07) is 5.45. The van der Waals surface area contributed by atoms with Gasteiger partial charge in [0.2, 0.25) is 20.0 Å². The minimum absolute atomic E-state index is 0.0295. The molecule has 0 saturated heterocycles. The zero-order valence-electron chi connectivity index (χ0n) is 12.9. The molecule has 0 saturated carbocycles. The first-order chi connectivity index (χ1) is 12.7. The fourth-order valence-electron chi connectivity index (χ4n) is 2.38. The summed E-state index contributed by atoms with van der Waals surface area (Å²) in [4.78, 5) is 0.458. The molecule has 0 aliphatic rings. The van der Waals surface area contributed by atoms with Crippen molar-refractivity contribution in [3.63, 3.8) is 0 Å². The van der Waals surface area contributed by atoms with Crippen molar-refractivity contribution in [2.75, 3.05) is 0 Å². The molecule has 12 nitrogen and oxygen atoms in total. The molecule has 2 aromatic heterocycles. The number of nitrogens with two attached hydrogens (primary N) is 2. The zero-order chi connectivity index (χ0) is 19.4. The fourth-order valence-corrected chi connectivity index (χ4v) is 4.68. The van der Waals surface area contributed by atoms with Gasteiger partial charge in [0.25, 0.3) is 0 Å². The molecule has 4 N–H and O–H groups in total. The number of hydrogen-bond acceptors (Lipinski definition) is 11. The molecule has 0 amide bonds. The largest absolute Gasteiger partial charge is 0.243 e. The van der Waals surface area contributed by atoms with E-state index in [1.54, 1.807) is 0 Å². The Labute approximate surface area is 154 Å². The summed E-state index contributed by atoms with van der Waals surface area (Å²) in [5, 5.41) is 24.9. The molecule has 0 fully saturated rings. The van der Waals surface area contributed by atoms with E-state index in [1.165, 1.54) is 24.3 Å². The van der Waals surface area contributed by atoms with Crippen LogP contribution in [0, 0.1) is 0 Å². The van der Waals surface area contributed by atoms with Crippen LogP contribution in [0.4, 0.5) is 0 Å². The van der Waals surface area contributed by atoms with Crippen molar-refractivity contribution in [1.29, 1.82) is 0 Å². The van der Waals surface area contributed by atoms with Gasteiger partial charge in [-0.3, -0.25) is 0 Å². The van der Waals surface area contributed by atoms with Crippen LogP contribution in [0.3, 0.4) is 0 Å². The Balaban J connectivity index is 1.87. The summed E-state index contributed by atoms with van der Waals surface area (Å²) >= 11 is 1.10. The van der Waals surface area contributed by atoms with Crippen molar-refractivity contribution in [2.24, 2.45) is 10.3 Å². The van der Waals surface area contributed by atoms with Crippen LogP contribution in [0.5, 0.6) is 0 Å². The van der Waals surface area contributed by atoms with Crippen molar-refractivity contribution in [1.82, 2.24) is 20.6 Å². The van der Waals surface area contributed by atoms with Crippen molar-refractivity contribution < 1.29 is 26.1 Å².